The highest BCUT2D eigenvalue weighted by molar-refractivity contribution is 5.81. The lowest BCUT2D eigenvalue weighted by Gasteiger charge is -1.93. The molecule has 0 saturated heterocycles. The predicted octanol–water partition coefficient (Wildman–Crippen LogP) is 0.824. The predicted molar refractivity (Wildman–Crippen MR) is 46.4 cm³/mol. The van der Waals surface area contributed by atoms with E-state index in [-0.39, 0.29) is 11.2 Å². The number of pyridine rings is 1. The summed E-state index contributed by atoms with van der Waals surface area (Å²) in [5.41, 5.74) is 0.818. The Labute approximate surface area is 77.4 Å². The van der Waals surface area contributed by atoms with Crippen LogP contribution in [0.3, 0.4) is 0 Å². The molecule has 2 aromatic rings. The quantitative estimate of drug-likeness (QED) is 0.671. The molecule has 0 fully saturated rings. The van der Waals surface area contributed by atoms with Crippen LogP contribution in [0.5, 0.6) is 0 Å². The van der Waals surface area contributed by atoms with Gasteiger partial charge in [-0.15, -0.1) is 0 Å². The highest BCUT2D eigenvalue weighted by Crippen LogP contribution is 2.10. The number of carboxylic acid groups (broad SMARTS) is 1. The van der Waals surface area contributed by atoms with Crippen LogP contribution in [-0.2, 0) is 0 Å². The molecule has 1 N–H and O–H groups in total. The normalized spacial score (nSPS) is 10.6. The van der Waals surface area contributed by atoms with Gasteiger partial charge in [0.25, 0.3) is 0 Å². The molecule has 0 unspecified atom stereocenters. The second-order valence-electron chi connectivity index (χ2n) is 2.76. The Balaban J connectivity index is 2.93. The summed E-state index contributed by atoms with van der Waals surface area (Å²) in [4.78, 5) is 25.6. The lowest BCUT2D eigenvalue weighted by atomic mass is 10.4. The fraction of sp³-hybridized carbons (Fsp3) is 0.125. The van der Waals surface area contributed by atoms with E-state index in [4.69, 9.17) is 5.11 Å². The maximum atomic E-state index is 11.1. The molecule has 2 heterocycles. The molecule has 0 bridgehead atoms. The lowest BCUT2D eigenvalue weighted by molar-refractivity contribution is 0.195. The minimum absolute atomic E-state index is 0.0301. The number of hydrogen-bond acceptors (Lipinski definition) is 4. The molecule has 0 radical (unpaired) electrons. The summed E-state index contributed by atoms with van der Waals surface area (Å²) in [7, 11) is 0. The van der Waals surface area contributed by atoms with Crippen LogP contribution in [0.15, 0.2) is 21.3 Å². The fourth-order valence-corrected chi connectivity index (χ4v) is 1.16. The Morgan fingerprint density at radius 1 is 1.57 bits per heavy atom. The first-order chi connectivity index (χ1) is 6.59. The van der Waals surface area contributed by atoms with Crippen LogP contribution >= 0.6 is 0 Å². The van der Waals surface area contributed by atoms with Gasteiger partial charge in [-0.3, -0.25) is 0 Å². The van der Waals surface area contributed by atoms with Crippen LogP contribution in [0.1, 0.15) is 5.69 Å². The van der Waals surface area contributed by atoms with Crippen molar-refractivity contribution in [3.8, 4) is 0 Å². The van der Waals surface area contributed by atoms with Crippen molar-refractivity contribution >= 4 is 17.3 Å². The summed E-state index contributed by atoms with van der Waals surface area (Å²) >= 11 is 0. The van der Waals surface area contributed by atoms with Crippen LogP contribution in [0.2, 0.25) is 0 Å². The molecule has 0 aromatic carbocycles. The summed E-state index contributed by atoms with van der Waals surface area (Å²) in [5, 5.41) is 8.71. The summed E-state index contributed by atoms with van der Waals surface area (Å²) in [6.07, 6.45) is -1.40. The molecule has 6 nitrogen and oxygen atoms in total. The number of nitrogens with zero attached hydrogens (tertiary/aromatic N) is 2. The summed E-state index contributed by atoms with van der Waals surface area (Å²) < 4.78 is 5.15. The fourth-order valence-electron chi connectivity index (χ4n) is 1.16. The van der Waals surface area contributed by atoms with E-state index < -0.39 is 11.8 Å². The Hall–Kier alpha value is -2.11. The van der Waals surface area contributed by atoms with Gasteiger partial charge in [0, 0.05) is 5.69 Å². The van der Waals surface area contributed by atoms with Gasteiger partial charge in [0.15, 0.2) is 11.2 Å². The van der Waals surface area contributed by atoms with E-state index in [1.54, 1.807) is 13.0 Å². The maximum Gasteiger partial charge on any atom is 0.431 e. The highest BCUT2D eigenvalue weighted by Gasteiger charge is 2.15. The Morgan fingerprint density at radius 2 is 2.29 bits per heavy atom. The smallest absolute Gasteiger partial charge is 0.431 e. The molecule has 0 saturated carbocycles. The largest absolute Gasteiger partial charge is 0.464 e. The molecule has 72 valence electrons. The minimum Gasteiger partial charge on any atom is -0.464 e. The van der Waals surface area contributed by atoms with E-state index in [0.29, 0.717) is 10.3 Å². The number of fused-ring (bicyclic) bond motifs is 1. The summed E-state index contributed by atoms with van der Waals surface area (Å²) in [5.74, 6) is -0.939. The number of aryl methyl sites for hydroxylation is 1. The molecular weight excluding hydrogens is 188 g/mol. The van der Waals surface area contributed by atoms with Gasteiger partial charge in [-0.2, -0.15) is 4.57 Å². The van der Waals surface area contributed by atoms with Gasteiger partial charge >= 0.3 is 11.8 Å². The zero-order valence-electron chi connectivity index (χ0n) is 7.22. The number of hydrogen-bond donors (Lipinski definition) is 1. The first kappa shape index (κ1) is 8.49. The second-order valence-corrected chi connectivity index (χ2v) is 2.76. The number of oxazole rings is 1. The zero-order chi connectivity index (χ0) is 10.3. The van der Waals surface area contributed by atoms with Gasteiger partial charge in [-0.05, 0) is 19.1 Å². The van der Waals surface area contributed by atoms with E-state index in [1.807, 2.05) is 0 Å². The van der Waals surface area contributed by atoms with E-state index in [9.17, 15) is 9.59 Å². The van der Waals surface area contributed by atoms with E-state index >= 15 is 0 Å². The van der Waals surface area contributed by atoms with Crippen LogP contribution in [0.4, 0.5) is 4.79 Å². The SMILES string of the molecule is Cc1ccc2oc(=O)n(C(=O)O)c2n1. The first-order valence-electron chi connectivity index (χ1n) is 3.82. The molecule has 2 rings (SSSR count). The van der Waals surface area contributed by atoms with Gasteiger partial charge < -0.3 is 9.52 Å². The van der Waals surface area contributed by atoms with Crippen molar-refractivity contribution < 1.29 is 14.3 Å². The maximum absolute atomic E-state index is 11.1. The molecule has 6 heteroatoms. The molecular formula is C8H6N2O4. The zero-order valence-corrected chi connectivity index (χ0v) is 7.22. The lowest BCUT2D eigenvalue weighted by Crippen LogP contribution is -2.21. The highest BCUT2D eigenvalue weighted by atomic mass is 16.4. The number of carbonyl (C=O) groups is 1. The monoisotopic (exact) mass is 194 g/mol. The number of rotatable bonds is 0. The van der Waals surface area contributed by atoms with Crippen molar-refractivity contribution in [1.82, 2.24) is 9.55 Å². The summed E-state index contributed by atoms with van der Waals surface area (Å²) in [6.45, 7) is 1.70. The van der Waals surface area contributed by atoms with Gasteiger partial charge in [0.05, 0.1) is 0 Å². The Bertz CT molecular complexity index is 566. The molecule has 2 aromatic heterocycles. The summed E-state index contributed by atoms with van der Waals surface area (Å²) in [6, 6.07) is 3.15. The van der Waals surface area contributed by atoms with Gasteiger partial charge in [-0.1, -0.05) is 0 Å². The number of aromatic nitrogens is 2. The third-order valence-corrected chi connectivity index (χ3v) is 1.76. The van der Waals surface area contributed by atoms with Crippen LogP contribution in [-0.4, -0.2) is 20.8 Å². The Kier molecular flexibility index (Phi) is 1.63. The minimum atomic E-state index is -1.40. The van der Waals surface area contributed by atoms with Crippen molar-refractivity contribution in [2.75, 3.05) is 0 Å². The van der Waals surface area contributed by atoms with Crippen LogP contribution in [0, 0.1) is 6.92 Å². The van der Waals surface area contributed by atoms with E-state index in [0.717, 1.165) is 0 Å². The van der Waals surface area contributed by atoms with Crippen LogP contribution in [0.25, 0.3) is 11.2 Å². The third-order valence-electron chi connectivity index (χ3n) is 1.76. The van der Waals surface area contributed by atoms with Crippen LogP contribution < -0.4 is 5.76 Å². The molecule has 0 spiro atoms. The average molecular weight is 194 g/mol. The Morgan fingerprint density at radius 3 is 2.93 bits per heavy atom. The van der Waals surface area contributed by atoms with E-state index in [2.05, 4.69) is 9.40 Å². The molecule has 0 aliphatic heterocycles. The van der Waals surface area contributed by atoms with E-state index in [1.165, 1.54) is 6.07 Å². The van der Waals surface area contributed by atoms with Crippen molar-refractivity contribution in [2.24, 2.45) is 0 Å². The molecule has 0 aliphatic rings. The van der Waals surface area contributed by atoms with Crippen molar-refractivity contribution in [2.45, 2.75) is 6.92 Å². The third kappa shape index (κ3) is 1.08. The standard InChI is InChI=1S/C8H6N2O4/c1-4-2-3-5-6(9-4)10(7(11)12)8(13)14-5/h2-3H,1H3,(H,11,12). The molecule has 14 heavy (non-hydrogen) atoms. The van der Waals surface area contributed by atoms with Gasteiger partial charge in [-0.25, -0.2) is 14.6 Å². The molecule has 0 amide bonds. The second kappa shape index (κ2) is 2.69. The van der Waals surface area contributed by atoms with Crippen molar-refractivity contribution in [3.63, 3.8) is 0 Å². The van der Waals surface area contributed by atoms with Gasteiger partial charge in [0.1, 0.15) is 0 Å². The topological polar surface area (TPSA) is 85.3 Å². The van der Waals surface area contributed by atoms with Gasteiger partial charge in [0.2, 0.25) is 0 Å². The first-order valence-corrected chi connectivity index (χ1v) is 3.82. The molecule has 0 aliphatic carbocycles. The van der Waals surface area contributed by atoms with Crippen molar-refractivity contribution in [1.29, 1.82) is 0 Å². The van der Waals surface area contributed by atoms with Crippen molar-refractivity contribution in [3.05, 3.63) is 28.4 Å². The molecule has 0 atom stereocenters. The average Bonchev–Trinajstić information content (AvgIpc) is 2.40.